The molecule has 0 aromatic heterocycles. The summed E-state index contributed by atoms with van der Waals surface area (Å²) in [5, 5.41) is 0. The Balaban J connectivity index is 5.96. The van der Waals surface area contributed by atoms with Crippen LogP contribution < -0.4 is 0 Å². The monoisotopic (exact) mass is 1050 g/mol. The maximum absolute atomic E-state index is 14.2. The van der Waals surface area contributed by atoms with Crippen LogP contribution >= 0.6 is 37.9 Å². The second-order valence-corrected chi connectivity index (χ2v) is 27.2. The SMILES string of the molecule is CCCCCCCCCCCCC(CS)C(=O)[O][Sn]([CH2]CCCCCCC)([O]C(=O)C(CS)CCCCCCCCCCCC)[O]C(=O)C(CS)CCCCCCCCCCCC. The van der Waals surface area contributed by atoms with Gasteiger partial charge in [-0.2, -0.15) is 0 Å². The van der Waals surface area contributed by atoms with E-state index in [4.69, 9.17) is 9.22 Å². The fraction of sp³-hybridized carbons (Fsp3) is 0.943. The molecule has 0 heterocycles. The van der Waals surface area contributed by atoms with E-state index in [1.807, 2.05) is 0 Å². The molecule has 0 N–H and O–H groups in total. The van der Waals surface area contributed by atoms with Crippen molar-refractivity contribution < 1.29 is 23.6 Å². The van der Waals surface area contributed by atoms with Gasteiger partial charge in [0.1, 0.15) is 0 Å². The van der Waals surface area contributed by atoms with Crippen LogP contribution in [0.25, 0.3) is 0 Å². The first kappa shape index (κ1) is 63.3. The van der Waals surface area contributed by atoms with E-state index >= 15 is 0 Å². The molecule has 374 valence electrons. The fourth-order valence-electron chi connectivity index (χ4n) is 8.53. The predicted octanol–water partition coefficient (Wildman–Crippen LogP) is 17.5. The summed E-state index contributed by atoms with van der Waals surface area (Å²) in [7, 11) is 0. The van der Waals surface area contributed by atoms with Gasteiger partial charge in [0.2, 0.25) is 0 Å². The van der Waals surface area contributed by atoms with Gasteiger partial charge in [0.25, 0.3) is 0 Å². The van der Waals surface area contributed by atoms with E-state index in [2.05, 4.69) is 65.6 Å². The molecule has 0 rings (SSSR count). The van der Waals surface area contributed by atoms with E-state index in [1.165, 1.54) is 141 Å². The minimum atomic E-state index is -5.23. The van der Waals surface area contributed by atoms with E-state index in [9.17, 15) is 14.4 Å². The number of unbranched alkanes of at least 4 members (excludes halogenated alkanes) is 32. The molecule has 0 aromatic rings. The van der Waals surface area contributed by atoms with Gasteiger partial charge in [0, 0.05) is 0 Å². The van der Waals surface area contributed by atoms with Gasteiger partial charge in [0.15, 0.2) is 0 Å². The normalized spacial score (nSPS) is 14.0. The quantitative estimate of drug-likeness (QED) is 0.0320. The van der Waals surface area contributed by atoms with Gasteiger partial charge in [-0.1, -0.05) is 59.3 Å². The van der Waals surface area contributed by atoms with Crippen molar-refractivity contribution in [2.45, 2.75) is 283 Å². The Hall–Kier alpha value is 0.259. The first-order chi connectivity index (χ1) is 30.8. The zero-order valence-corrected chi connectivity index (χ0v) is 47.5. The summed E-state index contributed by atoms with van der Waals surface area (Å²) in [6, 6.07) is 0. The number of thiol groups is 3. The van der Waals surface area contributed by atoms with Gasteiger partial charge in [-0.05, 0) is 0 Å². The molecule has 0 aliphatic heterocycles. The smallest absolute Gasteiger partial charge is 0.0654 e. The molecule has 3 unspecified atom stereocenters. The van der Waals surface area contributed by atoms with E-state index in [0.717, 1.165) is 83.5 Å². The fourth-order valence-corrected chi connectivity index (χ4v) is 16.8. The van der Waals surface area contributed by atoms with Crippen LogP contribution in [0.2, 0.25) is 4.44 Å². The minimum absolute atomic E-state index is 0.316. The third kappa shape index (κ3) is 36.9. The molecule has 3 atom stereocenters. The molecule has 0 fully saturated rings. The third-order valence-electron chi connectivity index (χ3n) is 13.0. The Kier molecular flexibility index (Phi) is 47.5. The van der Waals surface area contributed by atoms with Crippen molar-refractivity contribution in [3.05, 3.63) is 0 Å². The van der Waals surface area contributed by atoms with Gasteiger partial charge in [-0.15, -0.1) is 0 Å². The van der Waals surface area contributed by atoms with Crippen LogP contribution in [0.4, 0.5) is 0 Å². The van der Waals surface area contributed by atoms with Crippen LogP contribution in [0, 0.1) is 17.8 Å². The molecule has 0 bridgehead atoms. The molecule has 0 aliphatic carbocycles. The molecule has 63 heavy (non-hydrogen) atoms. The van der Waals surface area contributed by atoms with Crippen molar-refractivity contribution >= 4 is 75.4 Å². The second-order valence-electron chi connectivity index (χ2n) is 19.0. The van der Waals surface area contributed by atoms with Gasteiger partial charge in [-0.3, -0.25) is 0 Å². The molecule has 10 heteroatoms. The Labute approximate surface area is 413 Å². The molecule has 0 saturated heterocycles. The summed E-state index contributed by atoms with van der Waals surface area (Å²) < 4.78 is 19.8. The summed E-state index contributed by atoms with van der Waals surface area (Å²) in [5.41, 5.74) is 0. The summed E-state index contributed by atoms with van der Waals surface area (Å²) in [6.45, 7) is 8.97. The topological polar surface area (TPSA) is 78.9 Å². The molecule has 6 nitrogen and oxygen atoms in total. The van der Waals surface area contributed by atoms with Crippen LogP contribution in [0.1, 0.15) is 278 Å². The third-order valence-corrected chi connectivity index (χ3v) is 21.4. The number of carbonyl (C=O) groups excluding carboxylic acids is 3. The molecule has 0 radical (unpaired) electrons. The first-order valence-electron chi connectivity index (χ1n) is 27.3. The number of hydrogen-bond acceptors (Lipinski definition) is 9. The zero-order chi connectivity index (χ0) is 46.5. The van der Waals surface area contributed by atoms with Crippen LogP contribution in [-0.4, -0.2) is 54.8 Å². The van der Waals surface area contributed by atoms with Crippen molar-refractivity contribution in [3.8, 4) is 0 Å². The van der Waals surface area contributed by atoms with Gasteiger partial charge in [-0.25, -0.2) is 0 Å². The van der Waals surface area contributed by atoms with Crippen molar-refractivity contribution in [3.63, 3.8) is 0 Å². The number of hydrogen-bond donors (Lipinski definition) is 3. The summed E-state index contributed by atoms with van der Waals surface area (Å²) in [5.74, 6) is -1.57. The molecular weight excluding hydrogens is 947 g/mol. The van der Waals surface area contributed by atoms with E-state index < -0.39 is 55.3 Å². The van der Waals surface area contributed by atoms with Crippen LogP contribution in [0.5, 0.6) is 0 Å². The standard InChI is InChI=1S/3C15H30O2S.C8H17.Sn/c3*1-2-3-4-5-6-7-8-9-10-11-12-14(13-18)15(16)17;1-3-5-7-8-6-4-2;/h3*14,18H,2-13H2,1H3,(H,16,17);1,3-8H2,2H3;/q;;;;+3/p-3. The summed E-state index contributed by atoms with van der Waals surface area (Å²) in [4.78, 5) is 42.6. The molecule has 0 amide bonds. The van der Waals surface area contributed by atoms with Gasteiger partial charge >= 0.3 is 357 Å². The second kappa shape index (κ2) is 47.3. The average molecular weight is 1050 g/mol. The van der Waals surface area contributed by atoms with Crippen molar-refractivity contribution in [1.82, 2.24) is 0 Å². The Bertz CT molecular complexity index is 923. The van der Waals surface area contributed by atoms with E-state index in [1.54, 1.807) is 0 Å². The molecule has 0 aliphatic rings. The molecule has 0 saturated carbocycles. The first-order valence-corrected chi connectivity index (χ1v) is 34.7. The minimum Gasteiger partial charge on any atom is -0.0654 e. The van der Waals surface area contributed by atoms with Crippen LogP contribution in [0.3, 0.4) is 0 Å². The van der Waals surface area contributed by atoms with E-state index in [-0.39, 0.29) is 0 Å². The zero-order valence-electron chi connectivity index (χ0n) is 41.9. The van der Waals surface area contributed by atoms with Crippen LogP contribution in [-0.2, 0) is 23.6 Å². The summed E-state index contributed by atoms with van der Waals surface area (Å²) >= 11 is 8.63. The molecule has 0 spiro atoms. The molecular formula is C53H104O6S3Sn. The Morgan fingerprint density at radius 1 is 0.317 bits per heavy atom. The Morgan fingerprint density at radius 2 is 0.508 bits per heavy atom. The average Bonchev–Trinajstić information content (AvgIpc) is 3.27. The van der Waals surface area contributed by atoms with Gasteiger partial charge < -0.3 is 0 Å². The van der Waals surface area contributed by atoms with Crippen molar-refractivity contribution in [2.24, 2.45) is 17.8 Å². The van der Waals surface area contributed by atoms with Crippen LogP contribution in [0.15, 0.2) is 0 Å². The van der Waals surface area contributed by atoms with Crippen molar-refractivity contribution in [2.75, 3.05) is 17.3 Å². The van der Waals surface area contributed by atoms with Crippen molar-refractivity contribution in [1.29, 1.82) is 0 Å². The van der Waals surface area contributed by atoms with Gasteiger partial charge in [0.05, 0.1) is 0 Å². The number of rotatable bonds is 49. The summed E-state index contributed by atoms with van der Waals surface area (Å²) in [6.07, 6.45) is 44.6. The predicted molar refractivity (Wildman–Crippen MR) is 284 cm³/mol. The Morgan fingerprint density at radius 3 is 0.714 bits per heavy atom. The molecule has 0 aromatic carbocycles. The van der Waals surface area contributed by atoms with E-state index in [0.29, 0.717) is 47.4 Å². The number of carbonyl (C=O) groups is 3. The maximum atomic E-state index is 14.2.